The van der Waals surface area contributed by atoms with Crippen molar-refractivity contribution in [3.63, 3.8) is 0 Å². The third-order valence-electron chi connectivity index (χ3n) is 2.82. The standard InChI is InChI=1S/C13H21N3O/c1-4-6-13(11-14-5-2)16-9-7-15(8-10-16)12(3)17/h5-6,11H,2,4,7-10H2,1,3H3/b13-6+,14-11?. The highest BCUT2D eigenvalue weighted by Crippen LogP contribution is 2.09. The Balaban J connectivity index is 2.61. The summed E-state index contributed by atoms with van der Waals surface area (Å²) in [5.41, 5.74) is 1.12. The molecular formula is C13H21N3O. The fourth-order valence-corrected chi connectivity index (χ4v) is 1.88. The Morgan fingerprint density at radius 3 is 2.35 bits per heavy atom. The van der Waals surface area contributed by atoms with Crippen LogP contribution in [0.25, 0.3) is 0 Å². The maximum absolute atomic E-state index is 11.2. The van der Waals surface area contributed by atoms with Crippen LogP contribution in [0.2, 0.25) is 0 Å². The van der Waals surface area contributed by atoms with Gasteiger partial charge >= 0.3 is 0 Å². The van der Waals surface area contributed by atoms with E-state index in [1.807, 2.05) is 11.1 Å². The lowest BCUT2D eigenvalue weighted by Gasteiger charge is -2.36. The second-order valence-electron chi connectivity index (χ2n) is 3.99. The minimum absolute atomic E-state index is 0.158. The van der Waals surface area contributed by atoms with Gasteiger partial charge in [0.05, 0.1) is 5.70 Å². The highest BCUT2D eigenvalue weighted by molar-refractivity contribution is 5.78. The molecule has 1 saturated heterocycles. The smallest absolute Gasteiger partial charge is 0.219 e. The van der Waals surface area contributed by atoms with Crippen LogP contribution in [0, 0.1) is 0 Å². The van der Waals surface area contributed by atoms with E-state index in [-0.39, 0.29) is 5.91 Å². The van der Waals surface area contributed by atoms with Crippen LogP contribution in [0.4, 0.5) is 0 Å². The zero-order valence-corrected chi connectivity index (χ0v) is 10.7. The highest BCUT2D eigenvalue weighted by atomic mass is 16.2. The molecule has 0 aromatic carbocycles. The first kappa shape index (κ1) is 13.5. The van der Waals surface area contributed by atoms with E-state index in [1.165, 1.54) is 6.20 Å². The molecule has 4 heteroatoms. The molecule has 0 unspecified atom stereocenters. The predicted octanol–water partition coefficient (Wildman–Crippen LogP) is 1.66. The molecule has 0 spiro atoms. The zero-order chi connectivity index (χ0) is 12.7. The van der Waals surface area contributed by atoms with Crippen molar-refractivity contribution in [3.8, 4) is 0 Å². The van der Waals surface area contributed by atoms with Crippen molar-refractivity contribution in [3.05, 3.63) is 24.6 Å². The van der Waals surface area contributed by atoms with Crippen molar-refractivity contribution in [1.29, 1.82) is 0 Å². The van der Waals surface area contributed by atoms with Crippen LogP contribution in [0.5, 0.6) is 0 Å². The molecule has 1 aliphatic rings. The van der Waals surface area contributed by atoms with Crippen LogP contribution in [-0.2, 0) is 4.79 Å². The van der Waals surface area contributed by atoms with Gasteiger partial charge in [-0.05, 0) is 6.42 Å². The van der Waals surface area contributed by atoms with Crippen LogP contribution in [0.3, 0.4) is 0 Å². The molecule has 0 radical (unpaired) electrons. The van der Waals surface area contributed by atoms with Gasteiger partial charge in [-0.3, -0.25) is 9.79 Å². The van der Waals surface area contributed by atoms with Crippen molar-refractivity contribution in [2.75, 3.05) is 26.2 Å². The number of hydrogen-bond acceptors (Lipinski definition) is 3. The Morgan fingerprint density at radius 2 is 1.88 bits per heavy atom. The average molecular weight is 235 g/mol. The molecule has 1 amide bonds. The van der Waals surface area contributed by atoms with Gasteiger partial charge in [-0.1, -0.05) is 19.6 Å². The van der Waals surface area contributed by atoms with Crippen LogP contribution in [-0.4, -0.2) is 48.1 Å². The average Bonchev–Trinajstić information content (AvgIpc) is 2.34. The molecular weight excluding hydrogens is 214 g/mol. The number of amides is 1. The number of allylic oxidation sites excluding steroid dienone is 2. The largest absolute Gasteiger partial charge is 0.367 e. The number of aliphatic imine (C=N–C) groups is 1. The number of carbonyl (C=O) groups excluding carboxylic acids is 1. The van der Waals surface area contributed by atoms with Crippen molar-refractivity contribution in [2.45, 2.75) is 20.3 Å². The third kappa shape index (κ3) is 4.06. The lowest BCUT2D eigenvalue weighted by Crippen LogP contribution is -2.47. The lowest BCUT2D eigenvalue weighted by atomic mass is 10.2. The van der Waals surface area contributed by atoms with E-state index in [1.54, 1.807) is 6.92 Å². The summed E-state index contributed by atoms with van der Waals surface area (Å²) >= 11 is 0. The zero-order valence-electron chi connectivity index (χ0n) is 10.7. The van der Waals surface area contributed by atoms with E-state index in [0.717, 1.165) is 38.3 Å². The van der Waals surface area contributed by atoms with Crippen molar-refractivity contribution >= 4 is 12.1 Å². The van der Waals surface area contributed by atoms with Gasteiger partial charge in [0.15, 0.2) is 0 Å². The summed E-state index contributed by atoms with van der Waals surface area (Å²) in [5, 5.41) is 0. The number of carbonyl (C=O) groups is 1. The summed E-state index contributed by atoms with van der Waals surface area (Å²) in [7, 11) is 0. The van der Waals surface area contributed by atoms with Crippen LogP contribution in [0.1, 0.15) is 20.3 Å². The molecule has 4 nitrogen and oxygen atoms in total. The van der Waals surface area contributed by atoms with E-state index < -0.39 is 0 Å². The second kappa shape index (κ2) is 6.89. The van der Waals surface area contributed by atoms with Gasteiger partial charge in [0.1, 0.15) is 0 Å². The van der Waals surface area contributed by atoms with Crippen LogP contribution >= 0.6 is 0 Å². The molecule has 17 heavy (non-hydrogen) atoms. The predicted molar refractivity (Wildman–Crippen MR) is 70.9 cm³/mol. The summed E-state index contributed by atoms with van der Waals surface area (Å²) in [5.74, 6) is 0.158. The van der Waals surface area contributed by atoms with Crippen molar-refractivity contribution in [1.82, 2.24) is 9.80 Å². The van der Waals surface area contributed by atoms with Gasteiger partial charge in [0.25, 0.3) is 0 Å². The number of hydrogen-bond donors (Lipinski definition) is 0. The molecule has 0 bridgehead atoms. The summed E-state index contributed by atoms with van der Waals surface area (Å²) in [4.78, 5) is 19.4. The van der Waals surface area contributed by atoms with Gasteiger partial charge < -0.3 is 9.80 Å². The molecule has 1 fully saturated rings. The Hall–Kier alpha value is -1.58. The topological polar surface area (TPSA) is 35.9 Å². The van der Waals surface area contributed by atoms with Crippen molar-refractivity contribution in [2.24, 2.45) is 4.99 Å². The van der Waals surface area contributed by atoms with E-state index in [9.17, 15) is 4.79 Å². The van der Waals surface area contributed by atoms with Gasteiger partial charge in [0.2, 0.25) is 5.91 Å². The van der Waals surface area contributed by atoms with E-state index >= 15 is 0 Å². The minimum Gasteiger partial charge on any atom is -0.367 e. The molecule has 0 aromatic heterocycles. The minimum atomic E-state index is 0.158. The molecule has 1 rings (SSSR count). The first-order valence-corrected chi connectivity index (χ1v) is 6.03. The molecule has 1 heterocycles. The van der Waals surface area contributed by atoms with Gasteiger partial charge in [-0.15, -0.1) is 0 Å². The first-order chi connectivity index (χ1) is 8.19. The van der Waals surface area contributed by atoms with Gasteiger partial charge in [-0.2, -0.15) is 0 Å². The third-order valence-corrected chi connectivity index (χ3v) is 2.82. The molecule has 94 valence electrons. The van der Waals surface area contributed by atoms with Crippen LogP contribution < -0.4 is 0 Å². The lowest BCUT2D eigenvalue weighted by molar-refractivity contribution is -0.130. The fourth-order valence-electron chi connectivity index (χ4n) is 1.88. The first-order valence-electron chi connectivity index (χ1n) is 6.03. The summed E-state index contributed by atoms with van der Waals surface area (Å²) in [6, 6.07) is 0. The number of rotatable bonds is 4. The van der Waals surface area contributed by atoms with E-state index in [0.29, 0.717) is 0 Å². The Bertz CT molecular complexity index is 326. The van der Waals surface area contributed by atoms with E-state index in [2.05, 4.69) is 29.5 Å². The van der Waals surface area contributed by atoms with Crippen LogP contribution in [0.15, 0.2) is 29.5 Å². The second-order valence-corrected chi connectivity index (χ2v) is 3.99. The normalized spacial score (nSPS) is 17.6. The molecule has 0 N–H and O–H groups in total. The fraction of sp³-hybridized carbons (Fsp3) is 0.538. The molecule has 0 aromatic rings. The molecule has 0 atom stereocenters. The Kier molecular flexibility index (Phi) is 5.46. The summed E-state index contributed by atoms with van der Waals surface area (Å²) < 4.78 is 0. The van der Waals surface area contributed by atoms with E-state index in [4.69, 9.17) is 0 Å². The van der Waals surface area contributed by atoms with Crippen molar-refractivity contribution < 1.29 is 4.79 Å². The number of nitrogens with zero attached hydrogens (tertiary/aromatic N) is 3. The van der Waals surface area contributed by atoms with Gasteiger partial charge in [0, 0.05) is 45.5 Å². The summed E-state index contributed by atoms with van der Waals surface area (Å²) in [6.45, 7) is 10.6. The maximum Gasteiger partial charge on any atom is 0.219 e. The SMILES string of the molecule is C=CN=C/C(=C\CC)N1CCN(C(C)=O)CC1. The molecule has 0 saturated carbocycles. The monoisotopic (exact) mass is 235 g/mol. The number of piperazine rings is 1. The Labute approximate surface area is 103 Å². The highest BCUT2D eigenvalue weighted by Gasteiger charge is 2.19. The Morgan fingerprint density at radius 1 is 1.29 bits per heavy atom. The quantitative estimate of drug-likeness (QED) is 0.695. The molecule has 0 aliphatic carbocycles. The maximum atomic E-state index is 11.2. The van der Waals surface area contributed by atoms with Gasteiger partial charge in [-0.25, -0.2) is 0 Å². The summed E-state index contributed by atoms with van der Waals surface area (Å²) in [6.07, 6.45) is 6.50. The molecule has 1 aliphatic heterocycles.